The Morgan fingerprint density at radius 1 is 1.41 bits per heavy atom. The van der Waals surface area contributed by atoms with Gasteiger partial charge in [-0.15, -0.1) is 11.6 Å². The van der Waals surface area contributed by atoms with Gasteiger partial charge >= 0.3 is 0 Å². The summed E-state index contributed by atoms with van der Waals surface area (Å²) in [6.07, 6.45) is 7.15. The normalized spacial score (nSPS) is 24.3. The molecular weight excluding hydrogens is 236 g/mol. The van der Waals surface area contributed by atoms with Crippen molar-refractivity contribution >= 4 is 23.1 Å². The van der Waals surface area contributed by atoms with E-state index in [9.17, 15) is 0 Å². The highest BCUT2D eigenvalue weighted by atomic mass is 35.5. The predicted octanol–water partition coefficient (Wildman–Crippen LogP) is 2.55. The zero-order valence-corrected chi connectivity index (χ0v) is 10.3. The third-order valence-electron chi connectivity index (χ3n) is 3.31. The summed E-state index contributed by atoms with van der Waals surface area (Å²) in [5.41, 5.74) is 0.872. The van der Waals surface area contributed by atoms with E-state index < -0.39 is 0 Å². The minimum atomic E-state index is 0.368. The first-order valence-electron chi connectivity index (χ1n) is 5.99. The fourth-order valence-corrected chi connectivity index (χ4v) is 2.74. The minimum absolute atomic E-state index is 0.368. The molecule has 1 N–H and O–H groups in total. The Kier molecular flexibility index (Phi) is 2.89. The van der Waals surface area contributed by atoms with Crippen LogP contribution in [-0.4, -0.2) is 26.5 Å². The lowest BCUT2D eigenvalue weighted by Crippen LogP contribution is -2.12. The summed E-state index contributed by atoms with van der Waals surface area (Å²) < 4.78 is 1.76. The summed E-state index contributed by atoms with van der Waals surface area (Å²) in [5.74, 6) is 1.59. The maximum atomic E-state index is 6.10. The summed E-state index contributed by atoms with van der Waals surface area (Å²) in [6.45, 7) is 0.959. The first-order valence-corrected chi connectivity index (χ1v) is 6.43. The van der Waals surface area contributed by atoms with Crippen LogP contribution < -0.4 is 5.32 Å². The van der Waals surface area contributed by atoms with Crippen molar-refractivity contribution in [2.75, 3.05) is 11.9 Å². The Labute approximate surface area is 105 Å². The zero-order chi connectivity index (χ0) is 11.7. The van der Waals surface area contributed by atoms with Crippen molar-refractivity contribution in [2.24, 2.45) is 5.92 Å². The highest BCUT2D eigenvalue weighted by Gasteiger charge is 2.22. The summed E-state index contributed by atoms with van der Waals surface area (Å²) >= 11 is 6.10. The molecule has 2 unspecified atom stereocenters. The molecule has 2 atom stereocenters. The number of aromatic nitrogens is 3. The molecule has 1 aliphatic rings. The molecule has 0 aliphatic heterocycles. The van der Waals surface area contributed by atoms with E-state index in [1.54, 1.807) is 10.7 Å². The van der Waals surface area contributed by atoms with E-state index in [0.29, 0.717) is 11.3 Å². The zero-order valence-electron chi connectivity index (χ0n) is 9.51. The molecule has 2 aromatic rings. The quantitative estimate of drug-likeness (QED) is 0.852. The van der Waals surface area contributed by atoms with Gasteiger partial charge in [-0.05, 0) is 31.2 Å². The highest BCUT2D eigenvalue weighted by molar-refractivity contribution is 6.20. The largest absolute Gasteiger partial charge is 0.370 e. The average Bonchev–Trinajstić information content (AvgIpc) is 2.94. The molecule has 0 radical (unpaired) electrons. The van der Waals surface area contributed by atoms with Crippen LogP contribution in [-0.2, 0) is 0 Å². The van der Waals surface area contributed by atoms with Crippen LogP contribution in [0, 0.1) is 5.92 Å². The van der Waals surface area contributed by atoms with Crippen LogP contribution >= 0.6 is 11.6 Å². The van der Waals surface area contributed by atoms with Crippen molar-refractivity contribution in [2.45, 2.75) is 24.6 Å². The van der Waals surface area contributed by atoms with Crippen LogP contribution in [0.5, 0.6) is 0 Å². The molecule has 4 nitrogen and oxygen atoms in total. The molecule has 3 rings (SSSR count). The van der Waals surface area contributed by atoms with E-state index in [4.69, 9.17) is 11.6 Å². The smallest absolute Gasteiger partial charge is 0.157 e. The number of hydrogen-bond acceptors (Lipinski definition) is 3. The molecular formula is C12H15ClN4. The van der Waals surface area contributed by atoms with Gasteiger partial charge in [0, 0.05) is 24.2 Å². The monoisotopic (exact) mass is 250 g/mol. The molecule has 0 aromatic carbocycles. The molecule has 90 valence electrons. The van der Waals surface area contributed by atoms with Gasteiger partial charge in [-0.25, -0.2) is 9.50 Å². The van der Waals surface area contributed by atoms with E-state index in [2.05, 4.69) is 15.4 Å². The van der Waals surface area contributed by atoms with Crippen LogP contribution in [0.4, 0.5) is 5.82 Å². The van der Waals surface area contributed by atoms with Crippen molar-refractivity contribution < 1.29 is 0 Å². The molecule has 0 bridgehead atoms. The van der Waals surface area contributed by atoms with E-state index in [0.717, 1.165) is 30.9 Å². The number of nitrogens with one attached hydrogen (secondary N) is 1. The standard InChI is InChI=1S/C12H15ClN4/c13-10-2-1-9(7-10)8-14-11-4-6-17-12(16-11)3-5-15-17/h3-6,9-10H,1-2,7-8H2,(H,14,16). The van der Waals surface area contributed by atoms with E-state index >= 15 is 0 Å². The van der Waals surface area contributed by atoms with Crippen molar-refractivity contribution in [1.29, 1.82) is 0 Å². The SMILES string of the molecule is ClC1CCC(CNc2ccn3nccc3n2)C1. The van der Waals surface area contributed by atoms with Gasteiger partial charge in [0.1, 0.15) is 5.82 Å². The Morgan fingerprint density at radius 3 is 3.18 bits per heavy atom. The van der Waals surface area contributed by atoms with Gasteiger partial charge in [0.2, 0.25) is 0 Å². The van der Waals surface area contributed by atoms with Crippen molar-refractivity contribution in [3.63, 3.8) is 0 Å². The number of halogens is 1. The fraction of sp³-hybridized carbons (Fsp3) is 0.500. The third-order valence-corrected chi connectivity index (χ3v) is 3.70. The van der Waals surface area contributed by atoms with E-state index in [-0.39, 0.29) is 0 Å². The molecule has 2 heterocycles. The maximum Gasteiger partial charge on any atom is 0.157 e. The maximum absolute atomic E-state index is 6.10. The summed E-state index contributed by atoms with van der Waals surface area (Å²) in [5, 5.41) is 7.86. The Hall–Kier alpha value is -1.29. The van der Waals surface area contributed by atoms with Crippen molar-refractivity contribution in [1.82, 2.24) is 14.6 Å². The van der Waals surface area contributed by atoms with Gasteiger partial charge in [0.25, 0.3) is 0 Å². The van der Waals surface area contributed by atoms with Crippen LogP contribution in [0.15, 0.2) is 24.5 Å². The van der Waals surface area contributed by atoms with Gasteiger partial charge in [0.15, 0.2) is 5.65 Å². The van der Waals surface area contributed by atoms with Gasteiger partial charge < -0.3 is 5.32 Å². The van der Waals surface area contributed by atoms with Crippen LogP contribution in [0.3, 0.4) is 0 Å². The average molecular weight is 251 g/mol. The molecule has 1 saturated carbocycles. The summed E-state index contributed by atoms with van der Waals surface area (Å²) in [7, 11) is 0. The second-order valence-electron chi connectivity index (χ2n) is 4.60. The van der Waals surface area contributed by atoms with Crippen molar-refractivity contribution in [3.8, 4) is 0 Å². The number of anilines is 1. The summed E-state index contributed by atoms with van der Waals surface area (Å²) in [6, 6.07) is 3.85. The van der Waals surface area contributed by atoms with Crippen LogP contribution in [0.1, 0.15) is 19.3 Å². The first kappa shape index (κ1) is 10.8. The lowest BCUT2D eigenvalue weighted by molar-refractivity contribution is 0.579. The number of rotatable bonds is 3. The summed E-state index contributed by atoms with van der Waals surface area (Å²) in [4.78, 5) is 4.47. The molecule has 0 amide bonds. The Bertz CT molecular complexity index is 510. The van der Waals surface area contributed by atoms with Crippen LogP contribution in [0.25, 0.3) is 5.65 Å². The molecule has 1 fully saturated rings. The number of nitrogens with zero attached hydrogens (tertiary/aromatic N) is 3. The molecule has 1 aliphatic carbocycles. The Balaban J connectivity index is 1.64. The second kappa shape index (κ2) is 4.53. The molecule has 0 spiro atoms. The Morgan fingerprint density at radius 2 is 2.35 bits per heavy atom. The minimum Gasteiger partial charge on any atom is -0.370 e. The number of hydrogen-bond donors (Lipinski definition) is 1. The molecule has 2 aromatic heterocycles. The topological polar surface area (TPSA) is 42.2 Å². The lowest BCUT2D eigenvalue weighted by Gasteiger charge is -2.11. The van der Waals surface area contributed by atoms with E-state index in [1.165, 1.54) is 6.42 Å². The number of fused-ring (bicyclic) bond motifs is 1. The van der Waals surface area contributed by atoms with Crippen LogP contribution in [0.2, 0.25) is 0 Å². The third kappa shape index (κ3) is 2.36. The van der Waals surface area contributed by atoms with Gasteiger partial charge in [-0.2, -0.15) is 5.10 Å². The fourth-order valence-electron chi connectivity index (χ4n) is 2.36. The van der Waals surface area contributed by atoms with Gasteiger partial charge in [-0.3, -0.25) is 0 Å². The van der Waals surface area contributed by atoms with Gasteiger partial charge in [-0.1, -0.05) is 0 Å². The lowest BCUT2D eigenvalue weighted by atomic mass is 10.1. The van der Waals surface area contributed by atoms with Gasteiger partial charge in [0.05, 0.1) is 6.20 Å². The first-order chi connectivity index (χ1) is 8.31. The molecule has 5 heteroatoms. The predicted molar refractivity (Wildman–Crippen MR) is 68.5 cm³/mol. The molecule has 17 heavy (non-hydrogen) atoms. The number of alkyl halides is 1. The molecule has 0 saturated heterocycles. The van der Waals surface area contributed by atoms with E-state index in [1.807, 2.05) is 18.3 Å². The highest BCUT2D eigenvalue weighted by Crippen LogP contribution is 2.29. The van der Waals surface area contributed by atoms with Crippen molar-refractivity contribution in [3.05, 3.63) is 24.5 Å². The second-order valence-corrected chi connectivity index (χ2v) is 5.22.